The van der Waals surface area contributed by atoms with E-state index in [4.69, 9.17) is 9.39 Å². The van der Waals surface area contributed by atoms with Crippen LogP contribution < -0.4 is 5.46 Å². The van der Waals surface area contributed by atoms with Crippen LogP contribution in [0.2, 0.25) is 0 Å². The molecule has 1 heterocycles. The SMILES string of the molecule is CCOC(=O)c1cc(B(O)OC(C)(C)C(C)(C)O)cnc1C. The van der Waals surface area contributed by atoms with Gasteiger partial charge in [0.05, 0.1) is 29.1 Å². The van der Waals surface area contributed by atoms with Crippen LogP contribution in [0, 0.1) is 6.92 Å². The summed E-state index contributed by atoms with van der Waals surface area (Å²) in [4.78, 5) is 16.0. The van der Waals surface area contributed by atoms with Gasteiger partial charge in [-0.3, -0.25) is 4.98 Å². The van der Waals surface area contributed by atoms with Crippen LogP contribution >= 0.6 is 0 Å². The number of hydrogen-bond acceptors (Lipinski definition) is 6. The molecule has 1 aromatic heterocycles. The number of pyridine rings is 1. The molecule has 0 saturated carbocycles. The molecule has 1 aromatic rings. The van der Waals surface area contributed by atoms with E-state index in [2.05, 4.69) is 4.98 Å². The van der Waals surface area contributed by atoms with E-state index in [0.717, 1.165) is 0 Å². The van der Waals surface area contributed by atoms with Crippen LogP contribution in [0.1, 0.15) is 50.7 Å². The molecular weight excluding hydrogens is 285 g/mol. The maximum absolute atomic E-state index is 11.9. The lowest BCUT2D eigenvalue weighted by Gasteiger charge is -2.38. The first kappa shape index (κ1) is 18.6. The highest BCUT2D eigenvalue weighted by Crippen LogP contribution is 2.25. The van der Waals surface area contributed by atoms with Crippen LogP contribution in [-0.4, -0.2) is 46.0 Å². The minimum Gasteiger partial charge on any atom is -0.462 e. The Balaban J connectivity index is 3.03. The van der Waals surface area contributed by atoms with Gasteiger partial charge in [0.2, 0.25) is 0 Å². The Hall–Kier alpha value is -1.44. The number of ether oxygens (including phenoxy) is 1. The number of esters is 1. The maximum Gasteiger partial charge on any atom is 0.493 e. The second-order valence-electron chi connectivity index (χ2n) is 6.16. The molecule has 0 aromatic carbocycles. The number of aromatic nitrogens is 1. The highest BCUT2D eigenvalue weighted by Gasteiger charge is 2.39. The van der Waals surface area contributed by atoms with Crippen molar-refractivity contribution in [3.63, 3.8) is 0 Å². The fourth-order valence-electron chi connectivity index (χ4n) is 1.59. The van der Waals surface area contributed by atoms with Gasteiger partial charge in [0.1, 0.15) is 0 Å². The highest BCUT2D eigenvalue weighted by molar-refractivity contribution is 6.60. The lowest BCUT2D eigenvalue weighted by atomic mass is 9.77. The molecule has 0 fully saturated rings. The summed E-state index contributed by atoms with van der Waals surface area (Å²) in [6, 6.07) is 1.49. The zero-order valence-corrected chi connectivity index (χ0v) is 14.0. The van der Waals surface area contributed by atoms with Crippen LogP contribution in [0.3, 0.4) is 0 Å². The molecule has 0 spiro atoms. The van der Waals surface area contributed by atoms with E-state index < -0.39 is 24.3 Å². The fourth-order valence-corrected chi connectivity index (χ4v) is 1.59. The number of hydrogen-bond donors (Lipinski definition) is 2. The lowest BCUT2D eigenvalue weighted by molar-refractivity contribution is -0.0982. The van der Waals surface area contributed by atoms with Crippen molar-refractivity contribution in [3.8, 4) is 0 Å². The zero-order chi connectivity index (χ0) is 17.1. The smallest absolute Gasteiger partial charge is 0.462 e. The molecule has 2 N–H and O–H groups in total. The summed E-state index contributed by atoms with van der Waals surface area (Å²) in [6.45, 7) is 10.2. The van der Waals surface area contributed by atoms with Gasteiger partial charge in [0.25, 0.3) is 0 Å². The molecule has 0 unspecified atom stereocenters. The van der Waals surface area contributed by atoms with Crippen molar-refractivity contribution in [1.29, 1.82) is 0 Å². The molecule has 0 aliphatic carbocycles. The standard InChI is InChI=1S/C15H24BNO5/c1-7-21-13(18)12-8-11(9-17-10(12)2)16(20)22-15(5,6)14(3,4)19/h8-9,19-20H,7H2,1-6H3. The van der Waals surface area contributed by atoms with E-state index in [0.29, 0.717) is 11.2 Å². The lowest BCUT2D eigenvalue weighted by Crippen LogP contribution is -2.53. The van der Waals surface area contributed by atoms with Gasteiger partial charge in [-0.2, -0.15) is 0 Å². The molecule has 0 radical (unpaired) electrons. The monoisotopic (exact) mass is 309 g/mol. The third-order valence-electron chi connectivity index (χ3n) is 3.77. The number of nitrogens with zero attached hydrogens (tertiary/aromatic N) is 1. The largest absolute Gasteiger partial charge is 0.493 e. The van der Waals surface area contributed by atoms with Crippen LogP contribution in [-0.2, 0) is 9.39 Å². The molecule has 0 bridgehead atoms. The van der Waals surface area contributed by atoms with Gasteiger partial charge >= 0.3 is 13.1 Å². The normalized spacial score (nSPS) is 12.2. The molecule has 0 aliphatic rings. The van der Waals surface area contributed by atoms with Crippen LogP contribution in [0.5, 0.6) is 0 Å². The van der Waals surface area contributed by atoms with Crippen molar-refractivity contribution in [2.24, 2.45) is 0 Å². The van der Waals surface area contributed by atoms with Gasteiger partial charge in [0, 0.05) is 11.7 Å². The van der Waals surface area contributed by atoms with Gasteiger partial charge in [-0.15, -0.1) is 0 Å². The fraction of sp³-hybridized carbons (Fsp3) is 0.600. The van der Waals surface area contributed by atoms with Gasteiger partial charge in [-0.1, -0.05) is 0 Å². The summed E-state index contributed by atoms with van der Waals surface area (Å²) in [5.74, 6) is -0.497. The van der Waals surface area contributed by atoms with Gasteiger partial charge < -0.3 is 19.5 Å². The summed E-state index contributed by atoms with van der Waals surface area (Å²) in [7, 11) is -1.32. The van der Waals surface area contributed by atoms with Crippen molar-refractivity contribution in [3.05, 3.63) is 23.5 Å². The van der Waals surface area contributed by atoms with E-state index >= 15 is 0 Å². The second kappa shape index (κ2) is 6.77. The van der Waals surface area contributed by atoms with Crippen LogP contribution in [0.25, 0.3) is 0 Å². The minimum absolute atomic E-state index is 0.257. The average molecular weight is 309 g/mol. The predicted molar refractivity (Wildman–Crippen MR) is 84.0 cm³/mol. The molecule has 1 rings (SSSR count). The van der Waals surface area contributed by atoms with Crippen molar-refractivity contribution >= 4 is 18.6 Å². The topological polar surface area (TPSA) is 88.9 Å². The predicted octanol–water partition coefficient (Wildman–Crippen LogP) is 0.820. The Morgan fingerprint density at radius 1 is 1.36 bits per heavy atom. The molecular formula is C15H24BNO5. The Morgan fingerprint density at radius 3 is 2.45 bits per heavy atom. The average Bonchev–Trinajstić information content (AvgIpc) is 2.37. The summed E-state index contributed by atoms with van der Waals surface area (Å²) in [5.41, 5.74) is -1.04. The third kappa shape index (κ3) is 4.28. The molecule has 22 heavy (non-hydrogen) atoms. The Kier molecular flexibility index (Phi) is 5.73. The highest BCUT2D eigenvalue weighted by atomic mass is 16.5. The van der Waals surface area contributed by atoms with Crippen LogP contribution in [0.15, 0.2) is 12.3 Å². The molecule has 122 valence electrons. The maximum atomic E-state index is 11.9. The minimum atomic E-state index is -1.32. The van der Waals surface area contributed by atoms with Crippen molar-refractivity contribution in [2.45, 2.75) is 52.7 Å². The van der Waals surface area contributed by atoms with E-state index in [9.17, 15) is 14.9 Å². The van der Waals surface area contributed by atoms with E-state index in [1.54, 1.807) is 41.5 Å². The molecule has 0 amide bonds. The number of rotatable bonds is 6. The quantitative estimate of drug-likeness (QED) is 0.597. The molecule has 0 atom stereocenters. The second-order valence-corrected chi connectivity index (χ2v) is 6.16. The molecule has 6 nitrogen and oxygen atoms in total. The Bertz CT molecular complexity index is 539. The molecule has 7 heteroatoms. The van der Waals surface area contributed by atoms with Gasteiger partial charge in [-0.25, -0.2) is 4.79 Å². The van der Waals surface area contributed by atoms with E-state index in [1.807, 2.05) is 0 Å². The number of carbonyl (C=O) groups excluding carboxylic acids is 1. The van der Waals surface area contributed by atoms with Crippen molar-refractivity contribution in [2.75, 3.05) is 6.61 Å². The first-order chi connectivity index (χ1) is 9.99. The Morgan fingerprint density at radius 2 is 1.95 bits per heavy atom. The number of aliphatic hydroxyl groups is 1. The van der Waals surface area contributed by atoms with Crippen molar-refractivity contribution < 1.29 is 24.3 Å². The summed E-state index contributed by atoms with van der Waals surface area (Å²) in [6.07, 6.45) is 1.43. The van der Waals surface area contributed by atoms with E-state index in [-0.39, 0.29) is 12.2 Å². The summed E-state index contributed by atoms with van der Waals surface area (Å²) in [5, 5.41) is 20.3. The number of aryl methyl sites for hydroxylation is 1. The first-order valence-corrected chi connectivity index (χ1v) is 7.21. The number of carbonyl (C=O) groups is 1. The zero-order valence-electron chi connectivity index (χ0n) is 14.0. The molecule has 0 saturated heterocycles. The van der Waals surface area contributed by atoms with Gasteiger partial charge in [-0.05, 0) is 47.6 Å². The van der Waals surface area contributed by atoms with Crippen molar-refractivity contribution in [1.82, 2.24) is 4.98 Å². The summed E-state index contributed by atoms with van der Waals surface area (Å²) >= 11 is 0. The van der Waals surface area contributed by atoms with Gasteiger partial charge in [0.15, 0.2) is 0 Å². The third-order valence-corrected chi connectivity index (χ3v) is 3.77. The van der Waals surface area contributed by atoms with E-state index in [1.165, 1.54) is 12.3 Å². The summed E-state index contributed by atoms with van der Waals surface area (Å²) < 4.78 is 10.5. The van der Waals surface area contributed by atoms with Crippen LogP contribution in [0.4, 0.5) is 0 Å². The Labute approximate surface area is 131 Å². The molecule has 0 aliphatic heterocycles. The first-order valence-electron chi connectivity index (χ1n) is 7.21.